The van der Waals surface area contributed by atoms with Crippen LogP contribution in [0.4, 0.5) is 4.79 Å². The Bertz CT molecular complexity index is 216. The maximum Gasteiger partial charge on any atom is 0.513 e. The third-order valence-electron chi connectivity index (χ3n) is 1.32. The zero-order valence-electron chi connectivity index (χ0n) is 6.12. The second-order valence-electron chi connectivity index (χ2n) is 2.13. The molecule has 0 heterocycles. The van der Waals surface area contributed by atoms with Crippen molar-refractivity contribution in [1.29, 1.82) is 0 Å². The summed E-state index contributed by atoms with van der Waals surface area (Å²) in [6.07, 6.45) is 1.46. The maximum atomic E-state index is 10.6. The Balaban J connectivity index is 2.44. The van der Waals surface area contributed by atoms with Gasteiger partial charge >= 0.3 is 6.16 Å². The van der Waals surface area contributed by atoms with Gasteiger partial charge in [-0.1, -0.05) is 0 Å². The number of carbonyl (C=O) groups is 2. The van der Waals surface area contributed by atoms with Crippen LogP contribution < -0.4 is 0 Å². The lowest BCUT2D eigenvalue weighted by molar-refractivity contribution is -0.114. The lowest BCUT2D eigenvalue weighted by Crippen LogP contribution is -2.02. The molecular weight excluding hydrogens is 148 g/mol. The average Bonchev–Trinajstić information content (AvgIpc) is 2.35. The monoisotopic (exact) mass is 156 g/mol. The minimum atomic E-state index is -0.772. The van der Waals surface area contributed by atoms with E-state index in [2.05, 4.69) is 9.47 Å². The van der Waals surface area contributed by atoms with E-state index in [4.69, 9.17) is 0 Å². The van der Waals surface area contributed by atoms with Crippen LogP contribution in [0.3, 0.4) is 0 Å². The molecule has 4 nitrogen and oxygen atoms in total. The van der Waals surface area contributed by atoms with Crippen LogP contribution in [-0.2, 0) is 14.3 Å². The first-order valence-corrected chi connectivity index (χ1v) is 3.21. The fourth-order valence-corrected chi connectivity index (χ4v) is 0.799. The molecule has 4 heteroatoms. The van der Waals surface area contributed by atoms with E-state index in [-0.39, 0.29) is 5.78 Å². The van der Waals surface area contributed by atoms with E-state index in [0.29, 0.717) is 18.6 Å². The van der Waals surface area contributed by atoms with Gasteiger partial charge in [-0.2, -0.15) is 0 Å². The molecule has 0 saturated carbocycles. The topological polar surface area (TPSA) is 52.6 Å². The van der Waals surface area contributed by atoms with Gasteiger partial charge in [0.2, 0.25) is 0 Å². The Hall–Kier alpha value is -1.32. The molecule has 0 saturated heterocycles. The van der Waals surface area contributed by atoms with Gasteiger partial charge in [-0.3, -0.25) is 4.79 Å². The predicted octanol–water partition coefficient (Wildman–Crippen LogP) is 1.02. The first kappa shape index (κ1) is 7.78. The zero-order valence-corrected chi connectivity index (χ0v) is 6.12. The van der Waals surface area contributed by atoms with Crippen LogP contribution in [0.15, 0.2) is 11.8 Å². The maximum absolute atomic E-state index is 10.6. The van der Waals surface area contributed by atoms with E-state index in [1.54, 1.807) is 0 Å². The highest BCUT2D eigenvalue weighted by molar-refractivity contribution is 5.92. The van der Waals surface area contributed by atoms with Crippen LogP contribution >= 0.6 is 0 Å². The van der Waals surface area contributed by atoms with E-state index in [1.165, 1.54) is 13.2 Å². The molecule has 1 aliphatic carbocycles. The minimum Gasteiger partial charge on any atom is -0.437 e. The molecule has 11 heavy (non-hydrogen) atoms. The van der Waals surface area contributed by atoms with E-state index in [1.807, 2.05) is 0 Å². The summed E-state index contributed by atoms with van der Waals surface area (Å²) >= 11 is 0. The van der Waals surface area contributed by atoms with Crippen molar-refractivity contribution in [2.24, 2.45) is 0 Å². The number of allylic oxidation sites excluding steroid dienone is 2. The van der Waals surface area contributed by atoms with Crippen molar-refractivity contribution in [3.05, 3.63) is 11.8 Å². The van der Waals surface area contributed by atoms with Crippen molar-refractivity contribution in [1.82, 2.24) is 0 Å². The largest absolute Gasteiger partial charge is 0.513 e. The summed E-state index contributed by atoms with van der Waals surface area (Å²) in [6, 6.07) is 0. The SMILES string of the molecule is COC(=O)OC1=CC(=O)CC1. The first-order valence-electron chi connectivity index (χ1n) is 3.21. The Morgan fingerprint density at radius 3 is 2.73 bits per heavy atom. The number of carbonyl (C=O) groups excluding carboxylic acids is 2. The summed E-state index contributed by atoms with van der Waals surface area (Å²) in [5, 5.41) is 0. The number of ether oxygens (including phenoxy) is 2. The number of ketones is 1. The smallest absolute Gasteiger partial charge is 0.437 e. The van der Waals surface area contributed by atoms with E-state index >= 15 is 0 Å². The summed E-state index contributed by atoms with van der Waals surface area (Å²) in [7, 11) is 1.22. The van der Waals surface area contributed by atoms with Gasteiger partial charge in [0.05, 0.1) is 7.11 Å². The van der Waals surface area contributed by atoms with Crippen LogP contribution in [0.25, 0.3) is 0 Å². The van der Waals surface area contributed by atoms with Crippen LogP contribution in [0.1, 0.15) is 12.8 Å². The molecule has 60 valence electrons. The van der Waals surface area contributed by atoms with E-state index in [9.17, 15) is 9.59 Å². The molecule has 0 aliphatic heterocycles. The lowest BCUT2D eigenvalue weighted by Gasteiger charge is -2.00. The third-order valence-corrected chi connectivity index (χ3v) is 1.32. The molecule has 0 N–H and O–H groups in total. The van der Waals surface area contributed by atoms with Gasteiger partial charge < -0.3 is 9.47 Å². The van der Waals surface area contributed by atoms with Crippen LogP contribution in [-0.4, -0.2) is 19.0 Å². The average molecular weight is 156 g/mol. The zero-order chi connectivity index (χ0) is 8.27. The molecule has 0 atom stereocenters. The summed E-state index contributed by atoms with van der Waals surface area (Å²) in [5.74, 6) is 0.380. The molecule has 0 aromatic rings. The highest BCUT2D eigenvalue weighted by atomic mass is 16.7. The van der Waals surface area contributed by atoms with Gasteiger partial charge in [0.15, 0.2) is 5.78 Å². The number of hydrogen-bond acceptors (Lipinski definition) is 4. The lowest BCUT2D eigenvalue weighted by atomic mass is 10.3. The van der Waals surface area contributed by atoms with Crippen molar-refractivity contribution < 1.29 is 19.1 Å². The van der Waals surface area contributed by atoms with Crippen molar-refractivity contribution in [3.63, 3.8) is 0 Å². The summed E-state index contributed by atoms with van der Waals surface area (Å²) in [6.45, 7) is 0. The number of rotatable bonds is 1. The van der Waals surface area contributed by atoms with E-state index in [0.717, 1.165) is 0 Å². The Labute approximate surface area is 63.8 Å². The highest BCUT2D eigenvalue weighted by Crippen LogP contribution is 2.16. The molecule has 0 bridgehead atoms. The second-order valence-corrected chi connectivity index (χ2v) is 2.13. The highest BCUT2D eigenvalue weighted by Gasteiger charge is 2.15. The molecule has 0 spiro atoms. The summed E-state index contributed by atoms with van der Waals surface area (Å²) in [5.41, 5.74) is 0. The number of methoxy groups -OCH3 is 1. The Morgan fingerprint density at radius 1 is 1.55 bits per heavy atom. The molecule has 0 aromatic carbocycles. The fraction of sp³-hybridized carbons (Fsp3) is 0.429. The van der Waals surface area contributed by atoms with E-state index < -0.39 is 6.16 Å². The van der Waals surface area contributed by atoms with Gasteiger partial charge in [0, 0.05) is 18.9 Å². The second kappa shape index (κ2) is 3.18. The van der Waals surface area contributed by atoms with Gasteiger partial charge in [0.1, 0.15) is 5.76 Å². The van der Waals surface area contributed by atoms with Gasteiger partial charge in [-0.15, -0.1) is 0 Å². The normalized spacial score (nSPS) is 16.1. The standard InChI is InChI=1S/C7H8O4/c1-10-7(9)11-6-3-2-5(8)4-6/h4H,2-3H2,1H3. The quantitative estimate of drug-likeness (QED) is 0.532. The van der Waals surface area contributed by atoms with Crippen LogP contribution in [0, 0.1) is 0 Å². The molecule has 0 amide bonds. The van der Waals surface area contributed by atoms with Crippen molar-refractivity contribution in [2.45, 2.75) is 12.8 Å². The fourth-order valence-electron chi connectivity index (χ4n) is 0.799. The molecule has 0 fully saturated rings. The number of hydrogen-bond donors (Lipinski definition) is 0. The van der Waals surface area contributed by atoms with Crippen LogP contribution in [0.2, 0.25) is 0 Å². The molecule has 0 unspecified atom stereocenters. The molecular formula is C7H8O4. The van der Waals surface area contributed by atoms with Crippen molar-refractivity contribution >= 4 is 11.9 Å². The van der Waals surface area contributed by atoms with Gasteiger partial charge in [-0.05, 0) is 0 Å². The Kier molecular flexibility index (Phi) is 2.25. The van der Waals surface area contributed by atoms with Gasteiger partial charge in [0.25, 0.3) is 0 Å². The Morgan fingerprint density at radius 2 is 2.27 bits per heavy atom. The molecule has 0 aromatic heterocycles. The predicted molar refractivity (Wildman–Crippen MR) is 35.8 cm³/mol. The van der Waals surface area contributed by atoms with Crippen molar-refractivity contribution in [2.75, 3.05) is 7.11 Å². The summed E-state index contributed by atoms with van der Waals surface area (Å²) < 4.78 is 8.84. The summed E-state index contributed by atoms with van der Waals surface area (Å²) in [4.78, 5) is 21.1. The first-order chi connectivity index (χ1) is 5.22. The molecule has 0 radical (unpaired) electrons. The minimum absolute atomic E-state index is 0.0103. The van der Waals surface area contributed by atoms with Crippen molar-refractivity contribution in [3.8, 4) is 0 Å². The third kappa shape index (κ3) is 2.07. The molecule has 1 rings (SSSR count). The molecule has 1 aliphatic rings. The van der Waals surface area contributed by atoms with Crippen LogP contribution in [0.5, 0.6) is 0 Å². The van der Waals surface area contributed by atoms with Gasteiger partial charge in [-0.25, -0.2) is 4.79 Å².